The van der Waals surface area contributed by atoms with E-state index < -0.39 is 0 Å². The van der Waals surface area contributed by atoms with E-state index in [1.807, 2.05) is 4.90 Å². The molecule has 42 heavy (non-hydrogen) atoms. The van der Waals surface area contributed by atoms with Crippen molar-refractivity contribution in [2.24, 2.45) is 52.3 Å². The van der Waals surface area contributed by atoms with Crippen LogP contribution < -0.4 is 0 Å². The second-order valence-corrected chi connectivity index (χ2v) is 16.3. The molecule has 6 aliphatic rings. The lowest BCUT2D eigenvalue weighted by Gasteiger charge is -2.64. The monoisotopic (exact) mass is 586 g/mol. The number of amides is 1. The van der Waals surface area contributed by atoms with E-state index in [1.54, 1.807) is 0 Å². The molecule has 0 aromatic rings. The van der Waals surface area contributed by atoms with Crippen LogP contribution in [0.25, 0.3) is 0 Å². The molecule has 0 radical (unpaired) electrons. The molecule has 11 atom stereocenters. The van der Waals surface area contributed by atoms with Gasteiger partial charge in [-0.25, -0.2) is 4.79 Å². The summed E-state index contributed by atoms with van der Waals surface area (Å²) < 4.78 is 5.89. The number of aliphatic hydroxyl groups excluding tert-OH is 2. The summed E-state index contributed by atoms with van der Waals surface area (Å²) in [6.45, 7) is 14.4. The highest BCUT2D eigenvalue weighted by Gasteiger charge is 2.64. The molecule has 240 valence electrons. The van der Waals surface area contributed by atoms with Gasteiger partial charge in [0.05, 0.1) is 18.8 Å². The Morgan fingerprint density at radius 3 is 2.29 bits per heavy atom. The molecule has 0 bridgehead atoms. The van der Waals surface area contributed by atoms with E-state index in [-0.39, 0.29) is 29.1 Å². The number of carbonyl (C=O) groups is 1. The van der Waals surface area contributed by atoms with E-state index in [4.69, 9.17) is 4.74 Å². The third-order valence-electron chi connectivity index (χ3n) is 14.6. The molecule has 4 saturated carbocycles. The lowest BCUT2D eigenvalue weighted by molar-refractivity contribution is -0.203. The normalized spacial score (nSPS) is 45.5. The van der Waals surface area contributed by atoms with Crippen molar-refractivity contribution in [1.29, 1.82) is 0 Å². The number of nitrogens with zero attached hydrogens (tertiary/aromatic N) is 2. The van der Waals surface area contributed by atoms with Gasteiger partial charge in [-0.3, -0.25) is 0 Å². The topological polar surface area (TPSA) is 73.2 Å². The summed E-state index contributed by atoms with van der Waals surface area (Å²) in [7, 11) is 0. The van der Waals surface area contributed by atoms with Crippen LogP contribution in [0.1, 0.15) is 118 Å². The summed E-state index contributed by atoms with van der Waals surface area (Å²) >= 11 is 0. The minimum atomic E-state index is -0.234. The van der Waals surface area contributed by atoms with Crippen molar-refractivity contribution in [2.75, 3.05) is 32.8 Å². The molecule has 6 heteroatoms. The third kappa shape index (κ3) is 5.46. The molecular formula is C36H62N2O4. The molecule has 6 fully saturated rings. The minimum absolute atomic E-state index is 0.105. The molecule has 6 nitrogen and oxygen atoms in total. The molecule has 4 unspecified atom stereocenters. The fourth-order valence-corrected chi connectivity index (χ4v) is 12.3. The first kappa shape index (κ1) is 31.1. The Labute approximate surface area is 256 Å². The van der Waals surface area contributed by atoms with Crippen molar-refractivity contribution >= 4 is 6.09 Å². The van der Waals surface area contributed by atoms with Gasteiger partial charge in [0.2, 0.25) is 0 Å². The van der Waals surface area contributed by atoms with Gasteiger partial charge in [-0.2, -0.15) is 0 Å². The van der Waals surface area contributed by atoms with Crippen molar-refractivity contribution < 1.29 is 19.7 Å². The molecule has 4 aliphatic carbocycles. The smallest absolute Gasteiger partial charge is 0.409 e. The second kappa shape index (κ2) is 12.5. The number of ether oxygens (including phenoxy) is 1. The van der Waals surface area contributed by atoms with E-state index in [2.05, 4.69) is 32.6 Å². The van der Waals surface area contributed by atoms with Crippen molar-refractivity contribution in [3.05, 3.63) is 0 Å². The van der Waals surface area contributed by atoms with Gasteiger partial charge in [-0.1, -0.05) is 40.5 Å². The van der Waals surface area contributed by atoms with Gasteiger partial charge in [0.25, 0.3) is 0 Å². The van der Waals surface area contributed by atoms with Crippen molar-refractivity contribution in [3.63, 3.8) is 0 Å². The van der Waals surface area contributed by atoms with E-state index in [9.17, 15) is 15.0 Å². The van der Waals surface area contributed by atoms with Crippen LogP contribution in [0.4, 0.5) is 4.79 Å². The summed E-state index contributed by atoms with van der Waals surface area (Å²) in [5.74, 6) is 3.48. The largest absolute Gasteiger partial charge is 0.449 e. The Hall–Kier alpha value is -0.850. The van der Waals surface area contributed by atoms with Gasteiger partial charge in [0, 0.05) is 19.1 Å². The van der Waals surface area contributed by atoms with Gasteiger partial charge in [0.15, 0.2) is 0 Å². The molecule has 2 aliphatic heterocycles. The third-order valence-corrected chi connectivity index (χ3v) is 14.6. The first-order chi connectivity index (χ1) is 20.2. The highest BCUT2D eigenvalue weighted by molar-refractivity contribution is 5.67. The Kier molecular flexibility index (Phi) is 9.27. The molecule has 2 saturated heterocycles. The first-order valence-corrected chi connectivity index (χ1v) is 18.2. The average molecular weight is 587 g/mol. The maximum atomic E-state index is 12.9. The van der Waals surface area contributed by atoms with E-state index >= 15 is 0 Å². The van der Waals surface area contributed by atoms with Crippen LogP contribution in [-0.2, 0) is 4.74 Å². The number of fused-ring (bicyclic) bond motifs is 5. The molecule has 2 heterocycles. The van der Waals surface area contributed by atoms with Gasteiger partial charge < -0.3 is 24.7 Å². The highest BCUT2D eigenvalue weighted by Crippen LogP contribution is 2.69. The van der Waals surface area contributed by atoms with E-state index in [1.165, 1.54) is 58.0 Å². The van der Waals surface area contributed by atoms with Gasteiger partial charge >= 0.3 is 6.09 Å². The second-order valence-electron chi connectivity index (χ2n) is 16.3. The van der Waals surface area contributed by atoms with Crippen LogP contribution in [0.15, 0.2) is 0 Å². The zero-order valence-electron chi connectivity index (χ0n) is 27.3. The van der Waals surface area contributed by atoms with Crippen molar-refractivity contribution in [2.45, 2.75) is 136 Å². The Morgan fingerprint density at radius 2 is 1.57 bits per heavy atom. The standard InChI is InChI=1S/C36H62N2O4/c1-5-27-31-23-26(39)11-16-36(31,4)30-12-17-35(3)28(9-10-29(35)32(30)33(27)40)24(2)15-22-42-34(41)38-20-13-25(14-21-38)37-18-7-6-8-19-37/h24-33,39-40H,5-23H2,1-4H3/t24-,26-,27-,28?,29?,30?,31+,32?,33-,35-,36-/m1/s1. The van der Waals surface area contributed by atoms with Crippen molar-refractivity contribution in [3.8, 4) is 0 Å². The first-order valence-electron chi connectivity index (χ1n) is 18.2. The quantitative estimate of drug-likeness (QED) is 0.361. The van der Waals surface area contributed by atoms with Crippen LogP contribution >= 0.6 is 0 Å². The SMILES string of the molecule is CC[C@H]1[C@@H](O)C2C3CCC([C@H](C)CCOC(=O)N4CCC(N5CCCCC5)CC4)[C@@]3(C)CCC2[C@@]2(C)CC[C@@H](O)C[C@@H]12. The maximum Gasteiger partial charge on any atom is 0.409 e. The Morgan fingerprint density at radius 1 is 0.881 bits per heavy atom. The number of hydrogen-bond donors (Lipinski definition) is 2. The summed E-state index contributed by atoms with van der Waals surface area (Å²) in [5, 5.41) is 22.5. The lowest BCUT2D eigenvalue weighted by atomic mass is 9.41. The number of piperidine rings is 2. The van der Waals surface area contributed by atoms with Gasteiger partial charge in [-0.05, 0) is 142 Å². The zero-order chi connectivity index (χ0) is 29.6. The van der Waals surface area contributed by atoms with E-state index in [0.717, 1.165) is 58.0 Å². The molecule has 6 rings (SSSR count). The Balaban J connectivity index is 1.03. The summed E-state index contributed by atoms with van der Waals surface area (Å²) in [5.41, 5.74) is 0.517. The van der Waals surface area contributed by atoms with Crippen molar-refractivity contribution in [1.82, 2.24) is 9.80 Å². The predicted octanol–water partition coefficient (Wildman–Crippen LogP) is 6.73. The molecular weight excluding hydrogens is 524 g/mol. The minimum Gasteiger partial charge on any atom is -0.449 e. The molecule has 2 N–H and O–H groups in total. The average Bonchev–Trinajstić information content (AvgIpc) is 3.36. The van der Waals surface area contributed by atoms with Gasteiger partial charge in [0.1, 0.15) is 0 Å². The van der Waals surface area contributed by atoms with Crippen LogP contribution in [0.5, 0.6) is 0 Å². The maximum absolute atomic E-state index is 12.9. The number of hydrogen-bond acceptors (Lipinski definition) is 5. The van der Waals surface area contributed by atoms with E-state index in [0.29, 0.717) is 54.1 Å². The summed E-state index contributed by atoms with van der Waals surface area (Å²) in [6.07, 6.45) is 15.5. The molecule has 1 amide bonds. The van der Waals surface area contributed by atoms with Crippen LogP contribution in [-0.4, -0.2) is 77.1 Å². The molecule has 0 aromatic heterocycles. The summed E-state index contributed by atoms with van der Waals surface area (Å²) in [6, 6.07) is 0.647. The fourth-order valence-electron chi connectivity index (χ4n) is 12.3. The number of likely N-dealkylation sites (tertiary alicyclic amines) is 2. The number of carbonyl (C=O) groups excluding carboxylic acids is 1. The summed E-state index contributed by atoms with van der Waals surface area (Å²) in [4.78, 5) is 17.5. The van der Waals surface area contributed by atoms with Crippen LogP contribution in [0.2, 0.25) is 0 Å². The fraction of sp³-hybridized carbons (Fsp3) is 0.972. The van der Waals surface area contributed by atoms with Crippen LogP contribution in [0.3, 0.4) is 0 Å². The number of aliphatic hydroxyl groups is 2. The number of rotatable bonds is 6. The zero-order valence-corrected chi connectivity index (χ0v) is 27.3. The lowest BCUT2D eigenvalue weighted by Crippen LogP contribution is -2.62. The molecule has 0 aromatic carbocycles. The van der Waals surface area contributed by atoms with Gasteiger partial charge in [-0.15, -0.1) is 0 Å². The Bertz CT molecular complexity index is 931. The van der Waals surface area contributed by atoms with Crippen LogP contribution in [0, 0.1) is 52.3 Å². The highest BCUT2D eigenvalue weighted by atomic mass is 16.6. The molecule has 0 spiro atoms. The predicted molar refractivity (Wildman–Crippen MR) is 167 cm³/mol.